The number of amides is 2. The number of sulfonamides is 1. The van der Waals surface area contributed by atoms with Gasteiger partial charge in [0.2, 0.25) is 21.8 Å². The van der Waals surface area contributed by atoms with Crippen LogP contribution in [0.25, 0.3) is 0 Å². The lowest BCUT2D eigenvalue weighted by molar-refractivity contribution is -0.140. The number of para-hydroxylation sites is 2. The Morgan fingerprint density at radius 3 is 2.30 bits per heavy atom. The average molecular weight is 496 g/mol. The monoisotopic (exact) mass is 495 g/mol. The summed E-state index contributed by atoms with van der Waals surface area (Å²) in [6.07, 6.45) is 1.36. The minimum absolute atomic E-state index is 0.0532. The van der Waals surface area contributed by atoms with Crippen LogP contribution >= 0.6 is 11.6 Å². The van der Waals surface area contributed by atoms with Crippen LogP contribution in [0.5, 0.6) is 5.75 Å². The van der Waals surface area contributed by atoms with Crippen molar-refractivity contribution in [2.45, 2.75) is 32.9 Å². The number of rotatable bonds is 11. The molecule has 0 bridgehead atoms. The normalized spacial score (nSPS) is 12.0. The van der Waals surface area contributed by atoms with Gasteiger partial charge in [0.05, 0.1) is 19.1 Å². The first-order valence-electron chi connectivity index (χ1n) is 10.5. The summed E-state index contributed by atoms with van der Waals surface area (Å²) in [5, 5.41) is 3.20. The van der Waals surface area contributed by atoms with E-state index in [0.717, 1.165) is 10.6 Å². The number of hydrogen-bond donors (Lipinski definition) is 1. The Morgan fingerprint density at radius 2 is 1.73 bits per heavy atom. The van der Waals surface area contributed by atoms with Crippen molar-refractivity contribution in [2.24, 2.45) is 0 Å². The van der Waals surface area contributed by atoms with Gasteiger partial charge in [-0.25, -0.2) is 8.42 Å². The lowest BCUT2D eigenvalue weighted by Gasteiger charge is -2.33. The maximum Gasteiger partial charge on any atom is 0.244 e. The van der Waals surface area contributed by atoms with Crippen molar-refractivity contribution in [3.05, 3.63) is 59.1 Å². The molecule has 0 radical (unpaired) electrons. The van der Waals surface area contributed by atoms with E-state index in [1.54, 1.807) is 62.4 Å². The van der Waals surface area contributed by atoms with Gasteiger partial charge in [0, 0.05) is 18.1 Å². The number of nitrogens with one attached hydrogen (secondary N) is 1. The van der Waals surface area contributed by atoms with Gasteiger partial charge in [-0.15, -0.1) is 0 Å². The van der Waals surface area contributed by atoms with E-state index < -0.39 is 28.5 Å². The summed E-state index contributed by atoms with van der Waals surface area (Å²) >= 11 is 6.31. The Kier molecular flexibility index (Phi) is 9.55. The molecule has 2 rings (SSSR count). The first-order valence-corrected chi connectivity index (χ1v) is 12.8. The zero-order valence-electron chi connectivity index (χ0n) is 19.2. The van der Waals surface area contributed by atoms with E-state index >= 15 is 0 Å². The van der Waals surface area contributed by atoms with Gasteiger partial charge < -0.3 is 15.0 Å². The van der Waals surface area contributed by atoms with Crippen molar-refractivity contribution in [1.82, 2.24) is 10.2 Å². The highest BCUT2D eigenvalue weighted by molar-refractivity contribution is 7.92. The molecule has 1 atom stereocenters. The summed E-state index contributed by atoms with van der Waals surface area (Å²) in [5.41, 5.74) is 0.887. The highest BCUT2D eigenvalue weighted by Gasteiger charge is 2.32. The minimum atomic E-state index is -3.84. The largest absolute Gasteiger partial charge is 0.495 e. The van der Waals surface area contributed by atoms with Crippen molar-refractivity contribution < 1.29 is 22.7 Å². The first-order chi connectivity index (χ1) is 15.6. The van der Waals surface area contributed by atoms with Crippen molar-refractivity contribution in [3.63, 3.8) is 0 Å². The number of benzene rings is 2. The van der Waals surface area contributed by atoms with Crippen LogP contribution in [0, 0.1) is 0 Å². The highest BCUT2D eigenvalue weighted by atomic mass is 35.5. The lowest BCUT2D eigenvalue weighted by atomic mass is 10.1. The van der Waals surface area contributed by atoms with Crippen LogP contribution in [-0.2, 0) is 26.2 Å². The lowest BCUT2D eigenvalue weighted by Crippen LogP contribution is -2.52. The second kappa shape index (κ2) is 11.9. The maximum atomic E-state index is 13.6. The molecule has 2 aromatic rings. The molecule has 0 aromatic heterocycles. The Bertz CT molecular complexity index is 1080. The number of methoxy groups -OCH3 is 1. The van der Waals surface area contributed by atoms with Gasteiger partial charge in [0.25, 0.3) is 0 Å². The topological polar surface area (TPSA) is 96.0 Å². The molecule has 2 aromatic carbocycles. The Labute approximate surface area is 200 Å². The number of likely N-dealkylation sites (N-methyl/N-ethyl adjacent to an activating group) is 1. The van der Waals surface area contributed by atoms with Crippen molar-refractivity contribution in [2.75, 3.05) is 30.8 Å². The molecule has 10 heteroatoms. The summed E-state index contributed by atoms with van der Waals surface area (Å²) in [4.78, 5) is 27.7. The fraction of sp³-hybridized carbons (Fsp3) is 0.391. The van der Waals surface area contributed by atoms with Gasteiger partial charge in [-0.1, -0.05) is 48.9 Å². The van der Waals surface area contributed by atoms with Gasteiger partial charge in [-0.3, -0.25) is 13.9 Å². The Hall–Kier alpha value is -2.78. The molecule has 0 aliphatic heterocycles. The van der Waals surface area contributed by atoms with E-state index in [1.807, 2.05) is 0 Å². The van der Waals surface area contributed by atoms with Crippen LogP contribution in [-0.4, -0.2) is 57.6 Å². The standard InChI is InChI=1S/C23H30ClN3O5S/c1-5-19(23(29)25-6-2)26(15-17-11-7-8-12-18(17)24)22(28)16-27(33(4,30)31)20-13-9-10-14-21(20)32-3/h7-14,19H,5-6,15-16H2,1-4H3,(H,25,29)/t19-/m1/s1. The molecule has 0 spiro atoms. The molecule has 8 nitrogen and oxygen atoms in total. The first kappa shape index (κ1) is 26.5. The van der Waals surface area contributed by atoms with E-state index in [9.17, 15) is 18.0 Å². The molecule has 33 heavy (non-hydrogen) atoms. The summed E-state index contributed by atoms with van der Waals surface area (Å²) in [5.74, 6) is -0.544. The molecular formula is C23H30ClN3O5S. The van der Waals surface area contributed by atoms with E-state index in [-0.39, 0.29) is 18.1 Å². The third kappa shape index (κ3) is 6.85. The van der Waals surface area contributed by atoms with Crippen LogP contribution in [0.4, 0.5) is 5.69 Å². The summed E-state index contributed by atoms with van der Waals surface area (Å²) in [6.45, 7) is 3.54. The Balaban J connectivity index is 2.48. The van der Waals surface area contributed by atoms with Crippen LogP contribution < -0.4 is 14.4 Å². The van der Waals surface area contributed by atoms with Gasteiger partial charge in [0.15, 0.2) is 0 Å². The van der Waals surface area contributed by atoms with E-state index in [1.165, 1.54) is 12.0 Å². The summed E-state index contributed by atoms with van der Waals surface area (Å²) in [7, 11) is -2.42. The van der Waals surface area contributed by atoms with Gasteiger partial charge in [-0.05, 0) is 37.1 Å². The van der Waals surface area contributed by atoms with Crippen LogP contribution in [0.2, 0.25) is 5.02 Å². The molecule has 180 valence electrons. The summed E-state index contributed by atoms with van der Waals surface area (Å²) < 4.78 is 31.6. The number of nitrogens with zero attached hydrogens (tertiary/aromatic N) is 2. The quantitative estimate of drug-likeness (QED) is 0.517. The van der Waals surface area contributed by atoms with Gasteiger partial charge >= 0.3 is 0 Å². The van der Waals surface area contributed by atoms with Crippen molar-refractivity contribution in [1.29, 1.82) is 0 Å². The van der Waals surface area contributed by atoms with E-state index in [4.69, 9.17) is 16.3 Å². The van der Waals surface area contributed by atoms with Gasteiger partial charge in [0.1, 0.15) is 18.3 Å². The minimum Gasteiger partial charge on any atom is -0.495 e. The number of carbonyl (C=O) groups excluding carboxylic acids is 2. The second-order valence-corrected chi connectivity index (χ2v) is 9.69. The fourth-order valence-electron chi connectivity index (χ4n) is 3.45. The predicted octanol–water partition coefficient (Wildman–Crippen LogP) is 3.06. The SMILES string of the molecule is CCNC(=O)[C@@H](CC)N(Cc1ccccc1Cl)C(=O)CN(c1ccccc1OC)S(C)(=O)=O. The third-order valence-electron chi connectivity index (χ3n) is 5.07. The second-order valence-electron chi connectivity index (χ2n) is 7.37. The summed E-state index contributed by atoms with van der Waals surface area (Å²) in [6, 6.07) is 12.8. The van der Waals surface area contributed by atoms with Crippen molar-refractivity contribution in [3.8, 4) is 5.75 Å². The van der Waals surface area contributed by atoms with E-state index in [2.05, 4.69) is 5.32 Å². The fourth-order valence-corrected chi connectivity index (χ4v) is 4.50. The van der Waals surface area contributed by atoms with E-state index in [0.29, 0.717) is 29.3 Å². The Morgan fingerprint density at radius 1 is 1.09 bits per heavy atom. The van der Waals surface area contributed by atoms with Crippen molar-refractivity contribution >= 4 is 39.1 Å². The predicted molar refractivity (Wildman–Crippen MR) is 130 cm³/mol. The molecule has 0 saturated heterocycles. The molecule has 0 fully saturated rings. The van der Waals surface area contributed by atoms with Gasteiger partial charge in [-0.2, -0.15) is 0 Å². The molecule has 1 N–H and O–H groups in total. The maximum absolute atomic E-state index is 13.6. The highest BCUT2D eigenvalue weighted by Crippen LogP contribution is 2.30. The number of hydrogen-bond acceptors (Lipinski definition) is 5. The molecule has 0 unspecified atom stereocenters. The number of carbonyl (C=O) groups is 2. The van der Waals surface area contributed by atoms with Crippen LogP contribution in [0.3, 0.4) is 0 Å². The zero-order chi connectivity index (χ0) is 24.6. The molecular weight excluding hydrogens is 466 g/mol. The molecule has 0 saturated carbocycles. The molecule has 0 heterocycles. The number of anilines is 1. The molecule has 0 aliphatic rings. The molecule has 2 amide bonds. The number of halogens is 1. The molecule has 0 aliphatic carbocycles. The average Bonchev–Trinajstić information content (AvgIpc) is 2.77. The number of ether oxygens (including phenoxy) is 1. The van der Waals surface area contributed by atoms with Crippen LogP contribution in [0.15, 0.2) is 48.5 Å². The van der Waals surface area contributed by atoms with Crippen LogP contribution in [0.1, 0.15) is 25.8 Å². The smallest absolute Gasteiger partial charge is 0.244 e. The zero-order valence-corrected chi connectivity index (χ0v) is 20.8. The third-order valence-corrected chi connectivity index (χ3v) is 6.56.